The first-order chi connectivity index (χ1) is 27.5. The summed E-state index contributed by atoms with van der Waals surface area (Å²) < 4.78 is 0. The molecule has 332 valence electrons. The molecule has 0 bridgehead atoms. The van der Waals surface area contributed by atoms with Crippen molar-refractivity contribution in [2.45, 2.75) is 215 Å². The Bertz CT molecular complexity index is 1450. The average molecular weight is 805 g/mol. The van der Waals surface area contributed by atoms with Crippen LogP contribution in [0.1, 0.15) is 197 Å². The van der Waals surface area contributed by atoms with Crippen molar-refractivity contribution in [3.05, 3.63) is 23.3 Å². The maximum Gasteiger partial charge on any atom is 0.0577 e. The van der Waals surface area contributed by atoms with Gasteiger partial charge in [-0.15, -0.1) is 0 Å². The Labute approximate surface area is 357 Å². The minimum atomic E-state index is -0.186. The highest BCUT2D eigenvalue weighted by atomic mass is 16.3. The van der Waals surface area contributed by atoms with Crippen LogP contribution in [-0.2, 0) is 0 Å². The summed E-state index contributed by atoms with van der Waals surface area (Å²) >= 11 is 0. The fourth-order valence-electron chi connectivity index (χ4n) is 17.3. The fraction of sp³-hybridized carbons (Fsp3) is 0.926. The van der Waals surface area contributed by atoms with Crippen LogP contribution in [0.4, 0.5) is 0 Å². The molecular weight excluding hydrogens is 713 g/mol. The van der Waals surface area contributed by atoms with Crippen molar-refractivity contribution >= 4 is 0 Å². The van der Waals surface area contributed by atoms with E-state index in [1.807, 2.05) is 0 Å². The third kappa shape index (κ3) is 8.17. The second kappa shape index (κ2) is 17.8. The van der Waals surface area contributed by atoms with E-state index in [9.17, 15) is 20.4 Å². The largest absolute Gasteiger partial charge is 0.395 e. The van der Waals surface area contributed by atoms with Crippen molar-refractivity contribution in [1.82, 2.24) is 0 Å². The Balaban J connectivity index is 0.000000177. The minimum Gasteiger partial charge on any atom is -0.395 e. The van der Waals surface area contributed by atoms with Crippen molar-refractivity contribution in [3.8, 4) is 0 Å². The third-order valence-corrected chi connectivity index (χ3v) is 20.7. The quantitative estimate of drug-likeness (QED) is 0.157. The Morgan fingerprint density at radius 3 is 1.78 bits per heavy atom. The minimum absolute atomic E-state index is 0.00948. The van der Waals surface area contributed by atoms with Gasteiger partial charge in [0.1, 0.15) is 0 Å². The first kappa shape index (κ1) is 45.3. The predicted molar refractivity (Wildman–Crippen MR) is 241 cm³/mol. The van der Waals surface area contributed by atoms with Gasteiger partial charge in [0, 0.05) is 5.41 Å². The molecule has 0 aliphatic heterocycles. The van der Waals surface area contributed by atoms with E-state index in [2.05, 4.69) is 74.5 Å². The van der Waals surface area contributed by atoms with E-state index in [4.69, 9.17) is 0 Å². The molecule has 58 heavy (non-hydrogen) atoms. The summed E-state index contributed by atoms with van der Waals surface area (Å²) in [6, 6.07) is 0. The van der Waals surface area contributed by atoms with Gasteiger partial charge in [-0.3, -0.25) is 0 Å². The lowest BCUT2D eigenvalue weighted by molar-refractivity contribution is -0.0795. The lowest BCUT2D eigenvalue weighted by Crippen LogP contribution is -2.53. The van der Waals surface area contributed by atoms with E-state index in [-0.39, 0.29) is 23.7 Å². The van der Waals surface area contributed by atoms with Crippen LogP contribution in [0.3, 0.4) is 0 Å². The maximum atomic E-state index is 11.0. The predicted octanol–water partition coefficient (Wildman–Crippen LogP) is 12.7. The summed E-state index contributed by atoms with van der Waals surface area (Å²) in [5, 5.41) is 42.0. The molecule has 0 amide bonds. The number of allylic oxidation sites excluding steroid dienone is 2. The molecule has 4 nitrogen and oxygen atoms in total. The second-order valence-electron chi connectivity index (χ2n) is 24.4. The summed E-state index contributed by atoms with van der Waals surface area (Å²) in [5.74, 6) is 9.07. The summed E-state index contributed by atoms with van der Waals surface area (Å²) in [4.78, 5) is 0. The molecular formula is C54H92O4. The smallest absolute Gasteiger partial charge is 0.0577 e. The van der Waals surface area contributed by atoms with E-state index in [0.29, 0.717) is 46.5 Å². The number of hydrogen-bond acceptors (Lipinski definition) is 4. The van der Waals surface area contributed by atoms with Gasteiger partial charge in [-0.2, -0.15) is 0 Å². The number of aliphatic hydroxyl groups excluding tert-OH is 4. The van der Waals surface area contributed by atoms with Crippen LogP contribution in [0.2, 0.25) is 0 Å². The van der Waals surface area contributed by atoms with Crippen molar-refractivity contribution in [3.63, 3.8) is 0 Å². The normalized spacial score (nSPS) is 45.9. The molecule has 8 aliphatic carbocycles. The average Bonchev–Trinajstić information content (AvgIpc) is 3.73. The van der Waals surface area contributed by atoms with Crippen molar-refractivity contribution in [1.29, 1.82) is 0 Å². The summed E-state index contributed by atoms with van der Waals surface area (Å²) in [5.41, 5.74) is 4.23. The molecule has 4 N–H and O–H groups in total. The molecule has 8 rings (SSSR count). The van der Waals surface area contributed by atoms with Crippen molar-refractivity contribution < 1.29 is 20.4 Å². The zero-order valence-electron chi connectivity index (χ0n) is 39.2. The molecule has 0 aromatic carbocycles. The zero-order chi connectivity index (χ0) is 41.8. The molecule has 0 heterocycles. The van der Waals surface area contributed by atoms with Gasteiger partial charge in [-0.25, -0.2) is 0 Å². The summed E-state index contributed by atoms with van der Waals surface area (Å²) in [6.07, 6.45) is 29.9. The fourth-order valence-corrected chi connectivity index (χ4v) is 17.3. The molecule has 6 saturated carbocycles. The zero-order valence-corrected chi connectivity index (χ0v) is 39.2. The Morgan fingerprint density at radius 2 is 1.14 bits per heavy atom. The first-order valence-electron chi connectivity index (χ1n) is 25.5. The monoisotopic (exact) mass is 805 g/mol. The SMILES string of the molecule is CC(C)CCC(O)C(C)[C@H]1CC[C@H]2[C@@H]3CC=C4C[C@@H](O)CC[C@]4(C)[C@H]3CC[C@]12C.CC(C)CCCC(C)[C@H]1CC[C@H]2[C@@H]3CC=C4C[C@@H](O)CC[C@]4(CO)[C@H]3CC[C@]12C. The highest BCUT2D eigenvalue weighted by Crippen LogP contribution is 2.69. The molecule has 3 unspecified atom stereocenters. The van der Waals surface area contributed by atoms with Gasteiger partial charge in [-0.05, 0) is 203 Å². The standard InChI is InChI=1S/2C27H46O2/c1-17(2)6-11-25(29)18(3)22-9-10-23-21-8-7-19-16-20(28)12-14-26(19,4)24(21)13-15-27(22,23)5;1-18(2)6-5-7-19(3)23-10-11-24-22-9-8-20-16-21(29)12-15-27(20,17-28)25(22)13-14-26(23,24)4/h7,17-18,20-25,28-29H,6,8-16H2,1-5H3;8,18-19,21-25,28-29H,5-7,9-17H2,1-4H3/t18?,20-,21-,22+,23-,24-,25?,26-,27+;19?,21-,22-,23+,24-,25-,26+,27+/m00/s1. The Morgan fingerprint density at radius 1 is 0.586 bits per heavy atom. The van der Waals surface area contributed by atoms with Crippen LogP contribution in [0, 0.1) is 92.7 Å². The number of fused-ring (bicyclic) bond motifs is 10. The van der Waals surface area contributed by atoms with Gasteiger partial charge in [0.2, 0.25) is 0 Å². The van der Waals surface area contributed by atoms with Crippen LogP contribution in [0.15, 0.2) is 23.3 Å². The molecule has 0 aromatic rings. The van der Waals surface area contributed by atoms with Gasteiger partial charge in [0.15, 0.2) is 0 Å². The number of hydrogen-bond donors (Lipinski definition) is 4. The molecule has 0 spiro atoms. The molecule has 0 radical (unpaired) electrons. The van der Waals surface area contributed by atoms with E-state index in [1.54, 1.807) is 5.57 Å². The van der Waals surface area contributed by atoms with E-state index in [0.717, 1.165) is 92.3 Å². The number of rotatable bonds is 11. The van der Waals surface area contributed by atoms with E-state index < -0.39 is 0 Å². The Kier molecular flexibility index (Phi) is 13.9. The molecule has 0 aromatic heterocycles. The van der Waals surface area contributed by atoms with Crippen LogP contribution < -0.4 is 0 Å². The molecule has 17 atom stereocenters. The van der Waals surface area contributed by atoms with Gasteiger partial charge in [0.25, 0.3) is 0 Å². The van der Waals surface area contributed by atoms with Crippen LogP contribution >= 0.6 is 0 Å². The third-order valence-electron chi connectivity index (χ3n) is 20.7. The van der Waals surface area contributed by atoms with Crippen LogP contribution in [0.5, 0.6) is 0 Å². The maximum absolute atomic E-state index is 11.0. The lowest BCUT2D eigenvalue weighted by Gasteiger charge is -2.59. The highest BCUT2D eigenvalue weighted by Gasteiger charge is 2.61. The van der Waals surface area contributed by atoms with Gasteiger partial charge in [0.05, 0.1) is 24.9 Å². The molecule has 8 aliphatic rings. The van der Waals surface area contributed by atoms with Crippen LogP contribution in [0.25, 0.3) is 0 Å². The number of aliphatic hydroxyl groups is 4. The molecule has 6 fully saturated rings. The second-order valence-corrected chi connectivity index (χ2v) is 24.4. The Hall–Kier alpha value is -0.680. The van der Waals surface area contributed by atoms with Crippen LogP contribution in [-0.4, -0.2) is 45.3 Å². The highest BCUT2D eigenvalue weighted by molar-refractivity contribution is 5.27. The van der Waals surface area contributed by atoms with Gasteiger partial charge < -0.3 is 20.4 Å². The molecule has 4 heteroatoms. The van der Waals surface area contributed by atoms with Gasteiger partial charge in [-0.1, -0.05) is 105 Å². The topological polar surface area (TPSA) is 80.9 Å². The summed E-state index contributed by atoms with van der Waals surface area (Å²) in [7, 11) is 0. The van der Waals surface area contributed by atoms with Gasteiger partial charge >= 0.3 is 0 Å². The first-order valence-corrected chi connectivity index (χ1v) is 25.5. The van der Waals surface area contributed by atoms with E-state index in [1.165, 1.54) is 95.5 Å². The molecule has 0 saturated heterocycles. The summed E-state index contributed by atoms with van der Waals surface area (Å²) in [6.45, 7) is 22.2. The van der Waals surface area contributed by atoms with Crippen molar-refractivity contribution in [2.24, 2.45) is 92.7 Å². The lowest BCUT2D eigenvalue weighted by atomic mass is 9.46. The van der Waals surface area contributed by atoms with Crippen molar-refractivity contribution in [2.75, 3.05) is 6.61 Å². The van der Waals surface area contributed by atoms with E-state index >= 15 is 0 Å².